The summed E-state index contributed by atoms with van der Waals surface area (Å²) in [6.45, 7) is 9.55. The van der Waals surface area contributed by atoms with Gasteiger partial charge in [-0.3, -0.25) is 4.79 Å². The second-order valence-electron chi connectivity index (χ2n) is 5.48. The second kappa shape index (κ2) is 20.4. The van der Waals surface area contributed by atoms with Gasteiger partial charge in [0, 0.05) is 19.6 Å². The van der Waals surface area contributed by atoms with Gasteiger partial charge in [-0.2, -0.15) is 0 Å². The standard InChI is InChI=1S/C18H36O6/c1-3-5-9-20-12-14-22-16-17-23-15-13-21-10-7-8-18(19)24-11-6-4-2/h3-17H2,1-2H3. The minimum absolute atomic E-state index is 0.140. The van der Waals surface area contributed by atoms with E-state index in [1.165, 1.54) is 0 Å². The van der Waals surface area contributed by atoms with Crippen molar-refractivity contribution in [1.29, 1.82) is 0 Å². The maximum atomic E-state index is 11.3. The van der Waals surface area contributed by atoms with E-state index in [2.05, 4.69) is 13.8 Å². The minimum Gasteiger partial charge on any atom is -0.466 e. The zero-order chi connectivity index (χ0) is 17.7. The number of hydrogen-bond acceptors (Lipinski definition) is 6. The molecular weight excluding hydrogens is 312 g/mol. The predicted molar refractivity (Wildman–Crippen MR) is 93.3 cm³/mol. The molecule has 0 aromatic rings. The average Bonchev–Trinajstić information content (AvgIpc) is 2.58. The molecule has 0 N–H and O–H groups in total. The van der Waals surface area contributed by atoms with Gasteiger partial charge < -0.3 is 23.7 Å². The van der Waals surface area contributed by atoms with E-state index in [4.69, 9.17) is 23.7 Å². The van der Waals surface area contributed by atoms with Crippen LogP contribution in [-0.2, 0) is 28.5 Å². The summed E-state index contributed by atoms with van der Waals surface area (Å²) in [5.41, 5.74) is 0. The lowest BCUT2D eigenvalue weighted by Gasteiger charge is -2.07. The number of unbranched alkanes of at least 4 members (excludes halogenated alkanes) is 2. The highest BCUT2D eigenvalue weighted by molar-refractivity contribution is 5.69. The van der Waals surface area contributed by atoms with Gasteiger partial charge in [-0.15, -0.1) is 0 Å². The molecule has 0 fully saturated rings. The minimum atomic E-state index is -0.140. The van der Waals surface area contributed by atoms with Gasteiger partial charge in [-0.1, -0.05) is 26.7 Å². The van der Waals surface area contributed by atoms with Crippen molar-refractivity contribution in [2.24, 2.45) is 0 Å². The van der Waals surface area contributed by atoms with Crippen molar-refractivity contribution in [3.63, 3.8) is 0 Å². The highest BCUT2D eigenvalue weighted by Crippen LogP contribution is 1.96. The van der Waals surface area contributed by atoms with Crippen LogP contribution in [0.5, 0.6) is 0 Å². The van der Waals surface area contributed by atoms with Crippen molar-refractivity contribution in [1.82, 2.24) is 0 Å². The normalized spacial score (nSPS) is 10.9. The number of rotatable bonds is 19. The predicted octanol–water partition coefficient (Wildman–Crippen LogP) is 2.98. The van der Waals surface area contributed by atoms with Gasteiger partial charge in [0.2, 0.25) is 0 Å². The number of ether oxygens (including phenoxy) is 5. The number of carbonyl (C=O) groups is 1. The Balaban J connectivity index is 3.06. The fourth-order valence-corrected chi connectivity index (χ4v) is 1.73. The Morgan fingerprint density at radius 3 is 1.50 bits per heavy atom. The van der Waals surface area contributed by atoms with Gasteiger partial charge in [0.25, 0.3) is 0 Å². The average molecular weight is 348 g/mol. The van der Waals surface area contributed by atoms with Crippen molar-refractivity contribution in [3.05, 3.63) is 0 Å². The fourth-order valence-electron chi connectivity index (χ4n) is 1.73. The monoisotopic (exact) mass is 348 g/mol. The van der Waals surface area contributed by atoms with Crippen molar-refractivity contribution < 1.29 is 28.5 Å². The van der Waals surface area contributed by atoms with Crippen molar-refractivity contribution >= 4 is 5.97 Å². The van der Waals surface area contributed by atoms with Gasteiger partial charge in [-0.25, -0.2) is 0 Å². The Morgan fingerprint density at radius 1 is 0.583 bits per heavy atom. The third kappa shape index (κ3) is 19.4. The molecule has 0 spiro atoms. The maximum Gasteiger partial charge on any atom is 0.305 e. The van der Waals surface area contributed by atoms with E-state index in [1.54, 1.807) is 0 Å². The Kier molecular flexibility index (Phi) is 19.8. The number of carbonyl (C=O) groups excluding carboxylic acids is 1. The molecule has 0 aliphatic rings. The lowest BCUT2D eigenvalue weighted by molar-refractivity contribution is -0.144. The van der Waals surface area contributed by atoms with E-state index in [9.17, 15) is 4.79 Å². The van der Waals surface area contributed by atoms with E-state index < -0.39 is 0 Å². The summed E-state index contributed by atoms with van der Waals surface area (Å²) in [7, 11) is 0. The lowest BCUT2D eigenvalue weighted by Crippen LogP contribution is -2.12. The molecule has 24 heavy (non-hydrogen) atoms. The van der Waals surface area contributed by atoms with Crippen LogP contribution < -0.4 is 0 Å². The Hall–Kier alpha value is -0.690. The van der Waals surface area contributed by atoms with E-state index in [1.807, 2.05) is 0 Å². The van der Waals surface area contributed by atoms with Crippen LogP contribution in [0, 0.1) is 0 Å². The molecule has 0 saturated heterocycles. The van der Waals surface area contributed by atoms with Gasteiger partial charge in [0.1, 0.15) is 0 Å². The van der Waals surface area contributed by atoms with Crippen LogP contribution in [-0.4, -0.2) is 65.4 Å². The van der Waals surface area contributed by atoms with Crippen molar-refractivity contribution in [3.8, 4) is 0 Å². The molecule has 0 unspecified atom stereocenters. The van der Waals surface area contributed by atoms with Gasteiger partial charge in [0.15, 0.2) is 0 Å². The quantitative estimate of drug-likeness (QED) is 0.264. The Morgan fingerprint density at radius 2 is 1.00 bits per heavy atom. The first-order valence-corrected chi connectivity index (χ1v) is 9.27. The van der Waals surface area contributed by atoms with Gasteiger partial charge in [0.05, 0.1) is 46.2 Å². The second-order valence-corrected chi connectivity index (χ2v) is 5.48. The number of hydrogen-bond donors (Lipinski definition) is 0. The van der Waals surface area contributed by atoms with E-state index >= 15 is 0 Å². The van der Waals surface area contributed by atoms with Crippen LogP contribution in [0.1, 0.15) is 52.4 Å². The highest BCUT2D eigenvalue weighted by Gasteiger charge is 2.01. The molecule has 0 aromatic carbocycles. The molecule has 0 bridgehead atoms. The first kappa shape index (κ1) is 23.3. The van der Waals surface area contributed by atoms with Crippen LogP contribution in [0.2, 0.25) is 0 Å². The first-order valence-electron chi connectivity index (χ1n) is 9.27. The molecule has 0 saturated carbocycles. The summed E-state index contributed by atoms with van der Waals surface area (Å²) in [6.07, 6.45) is 5.32. The molecule has 0 rings (SSSR count). The zero-order valence-electron chi connectivity index (χ0n) is 15.6. The Bertz CT molecular complexity index is 260. The molecule has 0 aliphatic heterocycles. The van der Waals surface area contributed by atoms with Crippen LogP contribution in [0.4, 0.5) is 0 Å². The molecule has 144 valence electrons. The molecule has 0 atom stereocenters. The number of esters is 1. The molecule has 0 amide bonds. The largest absolute Gasteiger partial charge is 0.466 e. The van der Waals surface area contributed by atoms with E-state index in [0.717, 1.165) is 32.3 Å². The summed E-state index contributed by atoms with van der Waals surface area (Å²) in [4.78, 5) is 11.3. The van der Waals surface area contributed by atoms with Crippen LogP contribution >= 0.6 is 0 Å². The van der Waals surface area contributed by atoms with E-state index in [0.29, 0.717) is 65.7 Å². The molecular formula is C18H36O6. The van der Waals surface area contributed by atoms with E-state index in [-0.39, 0.29) is 5.97 Å². The lowest BCUT2D eigenvalue weighted by atomic mass is 10.3. The molecule has 6 nitrogen and oxygen atoms in total. The molecule has 0 aromatic heterocycles. The van der Waals surface area contributed by atoms with Crippen LogP contribution in [0.3, 0.4) is 0 Å². The van der Waals surface area contributed by atoms with Crippen LogP contribution in [0.15, 0.2) is 0 Å². The molecule has 0 heterocycles. The molecule has 0 radical (unpaired) electrons. The summed E-state index contributed by atoms with van der Waals surface area (Å²) in [6, 6.07) is 0. The third-order valence-corrected chi connectivity index (χ3v) is 3.19. The van der Waals surface area contributed by atoms with Gasteiger partial charge >= 0.3 is 5.97 Å². The Labute approximate surface area is 147 Å². The summed E-state index contributed by atoms with van der Waals surface area (Å²) < 4.78 is 26.6. The highest BCUT2D eigenvalue weighted by atomic mass is 16.6. The summed E-state index contributed by atoms with van der Waals surface area (Å²) in [5.74, 6) is -0.140. The van der Waals surface area contributed by atoms with Crippen molar-refractivity contribution in [2.45, 2.75) is 52.4 Å². The van der Waals surface area contributed by atoms with Gasteiger partial charge in [-0.05, 0) is 19.3 Å². The SMILES string of the molecule is CCCCOCCOCCOCCOCCCC(=O)OCCCC. The fraction of sp³-hybridized carbons (Fsp3) is 0.944. The molecule has 6 heteroatoms. The maximum absolute atomic E-state index is 11.3. The van der Waals surface area contributed by atoms with Crippen LogP contribution in [0.25, 0.3) is 0 Å². The summed E-state index contributed by atoms with van der Waals surface area (Å²) in [5, 5.41) is 0. The van der Waals surface area contributed by atoms with Crippen molar-refractivity contribution in [2.75, 3.05) is 59.5 Å². The first-order chi connectivity index (χ1) is 11.8. The topological polar surface area (TPSA) is 63.2 Å². The zero-order valence-corrected chi connectivity index (χ0v) is 15.6. The molecule has 0 aliphatic carbocycles. The smallest absolute Gasteiger partial charge is 0.305 e. The third-order valence-electron chi connectivity index (χ3n) is 3.19. The summed E-state index contributed by atoms with van der Waals surface area (Å²) >= 11 is 0.